The van der Waals surface area contributed by atoms with Crippen LogP contribution in [0, 0.1) is 12.7 Å². The number of halogens is 1. The van der Waals surface area contributed by atoms with E-state index in [0.29, 0.717) is 17.8 Å². The molecule has 4 aromatic rings. The van der Waals surface area contributed by atoms with Gasteiger partial charge in [-0.15, -0.1) is 0 Å². The van der Waals surface area contributed by atoms with Crippen LogP contribution < -0.4 is 5.32 Å². The van der Waals surface area contributed by atoms with Gasteiger partial charge in [0.1, 0.15) is 11.6 Å². The number of hydrogen-bond acceptors (Lipinski definition) is 4. The number of nitrogens with zero attached hydrogens (tertiary/aromatic N) is 4. The standard InChI is InChI=1S/C22H18FN5O/c1-15-25-8-9-28(15)21-5-3-2-4-16(21)13-27-22(29)18-10-17(11-19(23)12-18)20-14-24-6-7-26-20/h2-12,14H,13H2,1H3,(H,27,29). The second-order valence-electron chi connectivity index (χ2n) is 6.48. The Kier molecular flexibility index (Phi) is 5.11. The van der Waals surface area contributed by atoms with Gasteiger partial charge in [0.2, 0.25) is 0 Å². The summed E-state index contributed by atoms with van der Waals surface area (Å²) in [5.74, 6) is -0.0259. The summed E-state index contributed by atoms with van der Waals surface area (Å²) in [6.07, 6.45) is 8.19. The van der Waals surface area contributed by atoms with Gasteiger partial charge in [-0.2, -0.15) is 0 Å². The molecule has 1 amide bonds. The summed E-state index contributed by atoms with van der Waals surface area (Å²) < 4.78 is 16.0. The number of carbonyl (C=O) groups is 1. The topological polar surface area (TPSA) is 72.7 Å². The molecule has 0 aliphatic carbocycles. The van der Waals surface area contributed by atoms with Crippen molar-refractivity contribution in [1.82, 2.24) is 24.8 Å². The molecule has 29 heavy (non-hydrogen) atoms. The molecule has 0 saturated carbocycles. The molecule has 0 bridgehead atoms. The van der Waals surface area contributed by atoms with Gasteiger partial charge in [-0.1, -0.05) is 18.2 Å². The van der Waals surface area contributed by atoms with Crippen molar-refractivity contribution in [1.29, 1.82) is 0 Å². The highest BCUT2D eigenvalue weighted by atomic mass is 19.1. The van der Waals surface area contributed by atoms with E-state index in [9.17, 15) is 9.18 Å². The van der Waals surface area contributed by atoms with Crippen LogP contribution in [0.1, 0.15) is 21.7 Å². The van der Waals surface area contributed by atoms with Crippen LogP contribution in [0.5, 0.6) is 0 Å². The Morgan fingerprint density at radius 1 is 1.10 bits per heavy atom. The largest absolute Gasteiger partial charge is 0.348 e. The lowest BCUT2D eigenvalue weighted by Gasteiger charge is -2.13. The summed E-state index contributed by atoms with van der Waals surface area (Å²) in [5.41, 5.74) is 3.08. The fourth-order valence-electron chi connectivity index (χ4n) is 3.12. The van der Waals surface area contributed by atoms with Crippen molar-refractivity contribution in [3.8, 4) is 16.9 Å². The van der Waals surface area contributed by atoms with Gasteiger partial charge in [-0.05, 0) is 36.8 Å². The SMILES string of the molecule is Cc1nccn1-c1ccccc1CNC(=O)c1cc(F)cc(-c2cnccn2)c1. The third-order valence-electron chi connectivity index (χ3n) is 4.54. The number of imidazole rings is 1. The van der Waals surface area contributed by atoms with Crippen LogP contribution in [0.25, 0.3) is 16.9 Å². The Morgan fingerprint density at radius 2 is 1.97 bits per heavy atom. The molecule has 2 aromatic heterocycles. The maximum Gasteiger partial charge on any atom is 0.251 e. The van der Waals surface area contributed by atoms with Crippen LogP contribution in [-0.4, -0.2) is 25.4 Å². The molecule has 144 valence electrons. The fourth-order valence-corrected chi connectivity index (χ4v) is 3.12. The van der Waals surface area contributed by atoms with E-state index in [0.717, 1.165) is 17.1 Å². The number of rotatable bonds is 5. The lowest BCUT2D eigenvalue weighted by Crippen LogP contribution is -2.23. The minimum absolute atomic E-state index is 0.224. The number of nitrogens with one attached hydrogen (secondary N) is 1. The van der Waals surface area contributed by atoms with E-state index < -0.39 is 5.82 Å². The third kappa shape index (κ3) is 4.03. The summed E-state index contributed by atoms with van der Waals surface area (Å²) >= 11 is 0. The molecule has 0 radical (unpaired) electrons. The fraction of sp³-hybridized carbons (Fsp3) is 0.0909. The highest BCUT2D eigenvalue weighted by Gasteiger charge is 2.12. The lowest BCUT2D eigenvalue weighted by atomic mass is 10.1. The Bertz CT molecular complexity index is 1160. The number of benzene rings is 2. The smallest absolute Gasteiger partial charge is 0.251 e. The van der Waals surface area contributed by atoms with E-state index in [-0.39, 0.29) is 11.5 Å². The molecule has 0 fully saturated rings. The van der Waals surface area contributed by atoms with E-state index in [1.54, 1.807) is 12.3 Å². The molecule has 4 rings (SSSR count). The van der Waals surface area contributed by atoms with Crippen molar-refractivity contribution in [2.24, 2.45) is 0 Å². The average molecular weight is 387 g/mol. The molecule has 2 aromatic carbocycles. The molecular formula is C22H18FN5O. The first-order valence-electron chi connectivity index (χ1n) is 9.05. The van der Waals surface area contributed by atoms with Gasteiger partial charge in [-0.3, -0.25) is 14.8 Å². The van der Waals surface area contributed by atoms with E-state index in [2.05, 4.69) is 20.3 Å². The number of carbonyl (C=O) groups excluding carboxylic acids is 1. The van der Waals surface area contributed by atoms with E-state index >= 15 is 0 Å². The van der Waals surface area contributed by atoms with E-state index in [1.165, 1.54) is 30.7 Å². The molecule has 0 aliphatic rings. The second kappa shape index (κ2) is 8.02. The molecule has 0 unspecified atom stereocenters. The highest BCUT2D eigenvalue weighted by molar-refractivity contribution is 5.95. The van der Waals surface area contributed by atoms with Gasteiger partial charge >= 0.3 is 0 Å². The number of aromatic nitrogens is 4. The summed E-state index contributed by atoms with van der Waals surface area (Å²) in [6, 6.07) is 11.9. The first-order chi connectivity index (χ1) is 14.1. The Morgan fingerprint density at radius 3 is 2.72 bits per heavy atom. The van der Waals surface area contributed by atoms with E-state index in [1.807, 2.05) is 42.0 Å². The van der Waals surface area contributed by atoms with Gasteiger partial charge in [-0.25, -0.2) is 9.37 Å². The number of amides is 1. The van der Waals surface area contributed by atoms with Crippen LogP contribution in [0.15, 0.2) is 73.4 Å². The zero-order valence-electron chi connectivity index (χ0n) is 15.7. The Balaban J connectivity index is 1.56. The summed E-state index contributed by atoms with van der Waals surface area (Å²) in [4.78, 5) is 25.1. The molecular weight excluding hydrogens is 369 g/mol. The first kappa shape index (κ1) is 18.5. The summed E-state index contributed by atoms with van der Waals surface area (Å²) in [7, 11) is 0. The van der Waals surface area contributed by atoms with Crippen molar-refractivity contribution < 1.29 is 9.18 Å². The minimum Gasteiger partial charge on any atom is -0.348 e. The predicted molar refractivity (Wildman–Crippen MR) is 107 cm³/mol. The zero-order chi connectivity index (χ0) is 20.2. The normalized spacial score (nSPS) is 10.7. The van der Waals surface area contributed by atoms with Gasteiger partial charge in [0.05, 0.1) is 17.6 Å². The maximum absolute atomic E-state index is 14.1. The number of hydrogen-bond donors (Lipinski definition) is 1. The van der Waals surface area contributed by atoms with Gasteiger partial charge in [0.25, 0.3) is 5.91 Å². The summed E-state index contributed by atoms with van der Waals surface area (Å²) in [5, 5.41) is 2.87. The van der Waals surface area contributed by atoms with Gasteiger partial charge in [0, 0.05) is 42.5 Å². The van der Waals surface area contributed by atoms with Crippen molar-refractivity contribution in [2.75, 3.05) is 0 Å². The quantitative estimate of drug-likeness (QED) is 0.567. The van der Waals surface area contributed by atoms with E-state index in [4.69, 9.17) is 0 Å². The average Bonchev–Trinajstić information content (AvgIpc) is 3.18. The van der Waals surface area contributed by atoms with Crippen molar-refractivity contribution >= 4 is 5.91 Å². The number of aryl methyl sites for hydroxylation is 1. The van der Waals surface area contributed by atoms with Crippen LogP contribution >= 0.6 is 0 Å². The highest BCUT2D eigenvalue weighted by Crippen LogP contribution is 2.20. The number of para-hydroxylation sites is 1. The van der Waals surface area contributed by atoms with Gasteiger partial charge < -0.3 is 9.88 Å². The molecule has 6 nitrogen and oxygen atoms in total. The van der Waals surface area contributed by atoms with Crippen LogP contribution in [0.3, 0.4) is 0 Å². The molecule has 0 atom stereocenters. The Hall–Kier alpha value is -3.87. The Labute approximate surface area is 167 Å². The monoisotopic (exact) mass is 387 g/mol. The van der Waals surface area contributed by atoms with Crippen molar-refractivity contribution in [3.05, 3.63) is 96.2 Å². The van der Waals surface area contributed by atoms with Gasteiger partial charge in [0.15, 0.2) is 0 Å². The molecule has 1 N–H and O–H groups in total. The second-order valence-corrected chi connectivity index (χ2v) is 6.48. The van der Waals surface area contributed by atoms with Crippen LogP contribution in [0.2, 0.25) is 0 Å². The molecule has 2 heterocycles. The third-order valence-corrected chi connectivity index (χ3v) is 4.54. The zero-order valence-corrected chi connectivity index (χ0v) is 15.7. The van der Waals surface area contributed by atoms with Crippen LogP contribution in [0.4, 0.5) is 4.39 Å². The van der Waals surface area contributed by atoms with Crippen molar-refractivity contribution in [2.45, 2.75) is 13.5 Å². The maximum atomic E-state index is 14.1. The van der Waals surface area contributed by atoms with Crippen molar-refractivity contribution in [3.63, 3.8) is 0 Å². The van der Waals surface area contributed by atoms with Crippen LogP contribution in [-0.2, 0) is 6.54 Å². The molecule has 0 spiro atoms. The molecule has 7 heteroatoms. The molecule has 0 aliphatic heterocycles. The first-order valence-corrected chi connectivity index (χ1v) is 9.05. The molecule has 0 saturated heterocycles. The summed E-state index contributed by atoms with van der Waals surface area (Å²) in [6.45, 7) is 2.21. The minimum atomic E-state index is -0.507. The lowest BCUT2D eigenvalue weighted by molar-refractivity contribution is 0.0950. The predicted octanol–water partition coefficient (Wildman–Crippen LogP) is 3.71.